The summed E-state index contributed by atoms with van der Waals surface area (Å²) >= 11 is 0. The molecular formula is C22H22N4O3. The highest BCUT2D eigenvalue weighted by Gasteiger charge is 2.15. The first-order chi connectivity index (χ1) is 13.9. The molecule has 2 aromatic carbocycles. The molecule has 7 nitrogen and oxygen atoms in total. The zero-order chi connectivity index (χ0) is 20.8. The molecule has 2 amide bonds. The van der Waals surface area contributed by atoms with Crippen LogP contribution in [0.25, 0.3) is 0 Å². The number of Topliss-reactive ketones (excluding diaryl/α,β-unsaturated/α-hetero) is 1. The summed E-state index contributed by atoms with van der Waals surface area (Å²) in [6.45, 7) is 1.48. The van der Waals surface area contributed by atoms with Crippen LogP contribution < -0.4 is 10.6 Å². The Labute approximate surface area is 168 Å². The lowest BCUT2D eigenvalue weighted by Gasteiger charge is -2.05. The molecule has 7 heteroatoms. The smallest absolute Gasteiger partial charge is 0.276 e. The van der Waals surface area contributed by atoms with E-state index in [4.69, 9.17) is 0 Å². The second kappa shape index (κ2) is 8.97. The molecule has 148 valence electrons. The molecule has 3 rings (SSSR count). The normalized spacial score (nSPS) is 10.4. The van der Waals surface area contributed by atoms with Crippen molar-refractivity contribution in [2.24, 2.45) is 7.05 Å². The van der Waals surface area contributed by atoms with Crippen LogP contribution in [0.1, 0.15) is 39.8 Å². The molecule has 0 aliphatic rings. The van der Waals surface area contributed by atoms with Crippen molar-refractivity contribution in [1.29, 1.82) is 0 Å². The summed E-state index contributed by atoms with van der Waals surface area (Å²) < 4.78 is 1.45. The van der Waals surface area contributed by atoms with Gasteiger partial charge in [-0.05, 0) is 43.2 Å². The summed E-state index contributed by atoms with van der Waals surface area (Å²) in [5, 5.41) is 9.67. The molecular weight excluding hydrogens is 368 g/mol. The number of aromatic nitrogens is 2. The van der Waals surface area contributed by atoms with Gasteiger partial charge in [0.1, 0.15) is 5.82 Å². The number of benzene rings is 2. The highest BCUT2D eigenvalue weighted by molar-refractivity contribution is 6.04. The van der Waals surface area contributed by atoms with Gasteiger partial charge in [0.05, 0.1) is 0 Å². The van der Waals surface area contributed by atoms with Gasteiger partial charge >= 0.3 is 0 Å². The van der Waals surface area contributed by atoms with Crippen molar-refractivity contribution in [1.82, 2.24) is 9.78 Å². The van der Waals surface area contributed by atoms with E-state index in [1.54, 1.807) is 31.3 Å². The predicted molar refractivity (Wildman–Crippen MR) is 111 cm³/mol. The Morgan fingerprint density at radius 1 is 0.966 bits per heavy atom. The summed E-state index contributed by atoms with van der Waals surface area (Å²) in [7, 11) is 1.66. The van der Waals surface area contributed by atoms with E-state index in [-0.39, 0.29) is 17.4 Å². The first kappa shape index (κ1) is 20.0. The van der Waals surface area contributed by atoms with E-state index in [2.05, 4.69) is 15.7 Å². The zero-order valence-electron chi connectivity index (χ0n) is 16.3. The number of hydrogen-bond acceptors (Lipinski definition) is 4. The molecule has 2 N–H and O–H groups in total. The van der Waals surface area contributed by atoms with E-state index in [0.29, 0.717) is 29.9 Å². The molecule has 0 radical (unpaired) electrons. The Morgan fingerprint density at radius 3 is 2.31 bits per heavy atom. The second-order valence-corrected chi connectivity index (χ2v) is 6.66. The molecule has 3 aromatic rings. The van der Waals surface area contributed by atoms with Crippen molar-refractivity contribution in [3.8, 4) is 0 Å². The standard InChI is InChI=1S/C22H22N4O3/c1-15(27)17-9-11-18(12-10-17)23-22(29)19-14-20(26(2)25-19)24-21(28)13-8-16-6-4-3-5-7-16/h3-7,9-12,14H,8,13H2,1-2H3,(H,23,29)(H,24,28). The van der Waals surface area contributed by atoms with Crippen molar-refractivity contribution < 1.29 is 14.4 Å². The topological polar surface area (TPSA) is 93.1 Å². The largest absolute Gasteiger partial charge is 0.321 e. The number of ketones is 1. The first-order valence-corrected chi connectivity index (χ1v) is 9.22. The number of nitrogens with zero attached hydrogens (tertiary/aromatic N) is 2. The maximum Gasteiger partial charge on any atom is 0.276 e. The van der Waals surface area contributed by atoms with Gasteiger partial charge in [-0.1, -0.05) is 30.3 Å². The van der Waals surface area contributed by atoms with Crippen molar-refractivity contribution in [2.45, 2.75) is 19.8 Å². The van der Waals surface area contributed by atoms with Gasteiger partial charge in [-0.2, -0.15) is 5.10 Å². The summed E-state index contributed by atoms with van der Waals surface area (Å²) in [4.78, 5) is 36.0. The predicted octanol–water partition coefficient (Wildman–Crippen LogP) is 3.45. The summed E-state index contributed by atoms with van der Waals surface area (Å²) in [6.07, 6.45) is 0.966. The first-order valence-electron chi connectivity index (χ1n) is 9.22. The molecule has 0 bridgehead atoms. The third-order valence-corrected chi connectivity index (χ3v) is 4.41. The molecule has 0 spiro atoms. The minimum Gasteiger partial charge on any atom is -0.321 e. The molecule has 0 aliphatic heterocycles. The number of carbonyl (C=O) groups excluding carboxylic acids is 3. The number of carbonyl (C=O) groups is 3. The minimum atomic E-state index is -0.402. The van der Waals surface area contributed by atoms with Crippen LogP contribution in [0, 0.1) is 0 Å². The number of anilines is 2. The van der Waals surface area contributed by atoms with Crippen molar-refractivity contribution in [3.63, 3.8) is 0 Å². The van der Waals surface area contributed by atoms with E-state index < -0.39 is 5.91 Å². The molecule has 0 saturated carbocycles. The summed E-state index contributed by atoms with van der Waals surface area (Å²) in [5.74, 6) is -0.148. The van der Waals surface area contributed by atoms with Gasteiger partial charge in [0.25, 0.3) is 5.91 Å². The van der Waals surface area contributed by atoms with Crippen molar-refractivity contribution >= 4 is 29.1 Å². The molecule has 0 aliphatic carbocycles. The van der Waals surface area contributed by atoms with Crippen LogP contribution in [0.4, 0.5) is 11.5 Å². The Balaban J connectivity index is 1.59. The van der Waals surface area contributed by atoms with Crippen LogP contribution in [0.5, 0.6) is 0 Å². The van der Waals surface area contributed by atoms with Gasteiger partial charge in [0, 0.05) is 30.8 Å². The van der Waals surface area contributed by atoms with E-state index >= 15 is 0 Å². The Hall–Kier alpha value is -3.74. The highest BCUT2D eigenvalue weighted by Crippen LogP contribution is 2.14. The fourth-order valence-corrected chi connectivity index (χ4v) is 2.79. The molecule has 0 fully saturated rings. The summed E-state index contributed by atoms with van der Waals surface area (Å²) in [5.41, 5.74) is 2.39. The minimum absolute atomic E-state index is 0.0414. The van der Waals surface area contributed by atoms with Crippen LogP contribution in [0.15, 0.2) is 60.7 Å². The average molecular weight is 390 g/mol. The van der Waals surface area contributed by atoms with Crippen LogP contribution in [-0.4, -0.2) is 27.4 Å². The number of rotatable bonds is 7. The van der Waals surface area contributed by atoms with Gasteiger partial charge < -0.3 is 10.6 Å². The fraction of sp³-hybridized carbons (Fsp3) is 0.182. The molecule has 29 heavy (non-hydrogen) atoms. The van der Waals surface area contributed by atoms with Gasteiger partial charge in [-0.15, -0.1) is 0 Å². The third-order valence-electron chi connectivity index (χ3n) is 4.41. The lowest BCUT2D eigenvalue weighted by Crippen LogP contribution is -2.14. The third kappa shape index (κ3) is 5.38. The van der Waals surface area contributed by atoms with Gasteiger partial charge in [-0.3, -0.25) is 19.1 Å². The monoisotopic (exact) mass is 390 g/mol. The molecule has 0 unspecified atom stereocenters. The maximum absolute atomic E-state index is 12.4. The molecule has 1 heterocycles. The number of nitrogens with one attached hydrogen (secondary N) is 2. The van der Waals surface area contributed by atoms with Crippen molar-refractivity contribution in [2.75, 3.05) is 10.6 Å². The van der Waals surface area contributed by atoms with Crippen LogP contribution in [0.3, 0.4) is 0 Å². The Morgan fingerprint density at radius 2 is 1.66 bits per heavy atom. The summed E-state index contributed by atoms with van der Waals surface area (Å²) in [6, 6.07) is 17.9. The quantitative estimate of drug-likeness (QED) is 0.604. The number of hydrogen-bond donors (Lipinski definition) is 2. The Bertz CT molecular complexity index is 1020. The van der Waals surface area contributed by atoms with Gasteiger partial charge in [-0.25, -0.2) is 0 Å². The van der Waals surface area contributed by atoms with Gasteiger partial charge in [0.2, 0.25) is 5.91 Å². The van der Waals surface area contributed by atoms with E-state index in [9.17, 15) is 14.4 Å². The van der Waals surface area contributed by atoms with Crippen LogP contribution in [0.2, 0.25) is 0 Å². The second-order valence-electron chi connectivity index (χ2n) is 6.66. The molecule has 1 aromatic heterocycles. The number of aryl methyl sites for hydroxylation is 2. The molecule has 0 atom stereocenters. The lowest BCUT2D eigenvalue weighted by atomic mass is 10.1. The highest BCUT2D eigenvalue weighted by atomic mass is 16.2. The van der Waals surface area contributed by atoms with Gasteiger partial charge in [0.15, 0.2) is 11.5 Å². The van der Waals surface area contributed by atoms with E-state index in [1.807, 2.05) is 30.3 Å². The fourth-order valence-electron chi connectivity index (χ4n) is 2.79. The molecule has 0 saturated heterocycles. The maximum atomic E-state index is 12.4. The Kier molecular flexibility index (Phi) is 6.19. The zero-order valence-corrected chi connectivity index (χ0v) is 16.3. The van der Waals surface area contributed by atoms with Crippen molar-refractivity contribution in [3.05, 3.63) is 77.5 Å². The van der Waals surface area contributed by atoms with Crippen LogP contribution >= 0.6 is 0 Å². The average Bonchev–Trinajstić information content (AvgIpc) is 3.08. The number of amides is 2. The van der Waals surface area contributed by atoms with E-state index in [1.165, 1.54) is 17.7 Å². The lowest BCUT2D eigenvalue weighted by molar-refractivity contribution is -0.116. The van der Waals surface area contributed by atoms with Crippen LogP contribution in [-0.2, 0) is 18.3 Å². The SMILES string of the molecule is CC(=O)c1ccc(NC(=O)c2cc(NC(=O)CCc3ccccc3)n(C)n2)cc1. The van der Waals surface area contributed by atoms with E-state index in [0.717, 1.165) is 5.56 Å².